The van der Waals surface area contributed by atoms with E-state index in [1.807, 2.05) is 42.5 Å². The third-order valence-corrected chi connectivity index (χ3v) is 17.8. The molecule has 3 N–H and O–H groups in total. The van der Waals surface area contributed by atoms with Crippen molar-refractivity contribution in [3.8, 4) is 17.2 Å². The number of rotatable bonds is 6. The highest BCUT2D eigenvalue weighted by Crippen LogP contribution is 2.53. The molecule has 6 aliphatic carbocycles. The van der Waals surface area contributed by atoms with Gasteiger partial charge in [0.25, 0.3) is 0 Å². The van der Waals surface area contributed by atoms with Crippen LogP contribution in [-0.4, -0.2) is 32.7 Å². The Morgan fingerprint density at radius 2 is 0.833 bits per heavy atom. The zero-order valence-electron chi connectivity index (χ0n) is 41.8. The molecule has 2 saturated carbocycles. The van der Waals surface area contributed by atoms with Gasteiger partial charge in [0.1, 0.15) is 28.8 Å². The van der Waals surface area contributed by atoms with Gasteiger partial charge in [0, 0.05) is 48.3 Å². The van der Waals surface area contributed by atoms with E-state index in [2.05, 4.69) is 103 Å². The van der Waals surface area contributed by atoms with Gasteiger partial charge in [-0.2, -0.15) is 0 Å². The number of aromatic hydroxyl groups is 3. The number of carbonyl (C=O) groups excluding carboxylic acids is 3. The molecule has 0 aromatic heterocycles. The maximum Gasteiger partial charge on any atom is 0.155 e. The number of Topliss-reactive ketones (excluding diaryl/α,β-unsaturated/α-hetero) is 2. The van der Waals surface area contributed by atoms with E-state index in [1.165, 1.54) is 55.6 Å². The van der Waals surface area contributed by atoms with Crippen LogP contribution in [-0.2, 0) is 69.2 Å². The molecular weight excluding hydrogens is 889 g/mol. The van der Waals surface area contributed by atoms with Crippen LogP contribution < -0.4 is 0 Å². The lowest BCUT2D eigenvalue weighted by Gasteiger charge is -2.44. The number of phenolic OH excluding ortho intramolecular Hbond substituents is 3. The summed E-state index contributed by atoms with van der Waals surface area (Å²) < 4.78 is 0. The second-order valence-corrected chi connectivity index (χ2v) is 22.1. The van der Waals surface area contributed by atoms with Gasteiger partial charge in [0.2, 0.25) is 0 Å². The largest absolute Gasteiger partial charge is 0.508 e. The molecule has 2 fully saturated rings. The molecule has 6 heteroatoms. The van der Waals surface area contributed by atoms with Gasteiger partial charge in [-0.25, -0.2) is 0 Å². The average molecular weight is 959 g/mol. The van der Waals surface area contributed by atoms with E-state index in [0.717, 1.165) is 96.3 Å². The number of aryl methyl sites for hydroxylation is 3. The second-order valence-electron chi connectivity index (χ2n) is 22.1. The normalized spacial score (nSPS) is 25.2. The molecule has 72 heavy (non-hydrogen) atoms. The Bertz CT molecular complexity index is 2810. The minimum atomic E-state index is -0.102. The topological polar surface area (TPSA) is 112 Å². The number of allylic oxidation sites excluding steroid dienone is 2. The number of ketones is 3. The van der Waals surface area contributed by atoms with E-state index in [0.29, 0.717) is 72.8 Å². The number of phenols is 3. The number of hydrogen-bond donors (Lipinski definition) is 3. The van der Waals surface area contributed by atoms with Gasteiger partial charge in [-0.15, -0.1) is 0 Å². The minimum absolute atomic E-state index is 0.0365. The van der Waals surface area contributed by atoms with Crippen molar-refractivity contribution in [1.29, 1.82) is 0 Å². The highest BCUT2D eigenvalue weighted by Gasteiger charge is 2.48. The highest BCUT2D eigenvalue weighted by molar-refractivity contribution is 5.92. The summed E-state index contributed by atoms with van der Waals surface area (Å²) in [4.78, 5) is 36.4. The van der Waals surface area contributed by atoms with E-state index in [9.17, 15) is 29.7 Å². The predicted molar refractivity (Wildman–Crippen MR) is 286 cm³/mol. The van der Waals surface area contributed by atoms with Gasteiger partial charge in [-0.3, -0.25) is 14.4 Å². The van der Waals surface area contributed by atoms with Crippen molar-refractivity contribution < 1.29 is 29.7 Å². The van der Waals surface area contributed by atoms with Crippen LogP contribution in [0.15, 0.2) is 157 Å². The summed E-state index contributed by atoms with van der Waals surface area (Å²) in [7, 11) is 0. The molecule has 0 radical (unpaired) electrons. The van der Waals surface area contributed by atoms with Gasteiger partial charge in [0.15, 0.2) is 5.78 Å². The summed E-state index contributed by atoms with van der Waals surface area (Å²) in [6.07, 6.45) is 20.3. The Balaban J connectivity index is 0.000000124. The third kappa shape index (κ3) is 10.2. The molecule has 1 unspecified atom stereocenters. The van der Waals surface area contributed by atoms with Crippen LogP contribution in [0.3, 0.4) is 0 Å². The fourth-order valence-electron chi connectivity index (χ4n) is 14.4. The summed E-state index contributed by atoms with van der Waals surface area (Å²) in [5.41, 5.74) is 13.1. The summed E-state index contributed by atoms with van der Waals surface area (Å²) >= 11 is 0. The fraction of sp³-hybridized carbons (Fsp3) is 0.379. The van der Waals surface area contributed by atoms with Gasteiger partial charge < -0.3 is 15.3 Å². The van der Waals surface area contributed by atoms with Gasteiger partial charge in [-0.05, 0) is 201 Å². The van der Waals surface area contributed by atoms with Gasteiger partial charge >= 0.3 is 0 Å². The number of fused-ring (bicyclic) bond motifs is 9. The van der Waals surface area contributed by atoms with Crippen molar-refractivity contribution in [3.63, 3.8) is 0 Å². The molecule has 6 aliphatic rings. The molecule has 0 saturated heterocycles. The second kappa shape index (κ2) is 21.3. The zero-order chi connectivity index (χ0) is 49.7. The Morgan fingerprint density at radius 1 is 0.417 bits per heavy atom. The van der Waals surface area contributed by atoms with E-state index in [1.54, 1.807) is 6.07 Å². The maximum absolute atomic E-state index is 12.2. The lowest BCUT2D eigenvalue weighted by atomic mass is 9.59. The Kier molecular flexibility index (Phi) is 14.5. The van der Waals surface area contributed by atoms with Crippen molar-refractivity contribution >= 4 is 17.3 Å². The molecule has 0 heterocycles. The first-order chi connectivity index (χ1) is 35.0. The lowest BCUT2D eigenvalue weighted by molar-refractivity contribution is -0.124. The summed E-state index contributed by atoms with van der Waals surface area (Å²) in [6, 6.07) is 49.5. The molecule has 0 aliphatic heterocycles. The van der Waals surface area contributed by atoms with E-state index in [-0.39, 0.29) is 22.0 Å². The van der Waals surface area contributed by atoms with Crippen LogP contribution in [0.25, 0.3) is 0 Å². The highest BCUT2D eigenvalue weighted by atomic mass is 16.3. The van der Waals surface area contributed by atoms with Crippen molar-refractivity contribution in [2.75, 3.05) is 0 Å². The number of benzene rings is 6. The van der Waals surface area contributed by atoms with E-state index >= 15 is 0 Å². The summed E-state index contributed by atoms with van der Waals surface area (Å²) in [6.45, 7) is 0. The molecule has 12 rings (SSSR count). The molecule has 5 atom stereocenters. The lowest BCUT2D eigenvalue weighted by Crippen LogP contribution is -2.42. The molecule has 370 valence electrons. The monoisotopic (exact) mass is 959 g/mol. The zero-order valence-corrected chi connectivity index (χ0v) is 41.8. The van der Waals surface area contributed by atoms with E-state index in [4.69, 9.17) is 0 Å². The molecule has 0 amide bonds. The molecule has 6 nitrogen and oxygen atoms in total. The summed E-state index contributed by atoms with van der Waals surface area (Å²) in [5, 5.41) is 29.8. The van der Waals surface area contributed by atoms with Crippen LogP contribution in [0.1, 0.15) is 140 Å². The smallest absolute Gasteiger partial charge is 0.155 e. The predicted octanol–water partition coefficient (Wildman–Crippen LogP) is 13.7. The molecule has 0 bridgehead atoms. The van der Waals surface area contributed by atoms with E-state index < -0.39 is 0 Å². The molecular formula is C66H70O6. The van der Waals surface area contributed by atoms with Crippen molar-refractivity contribution in [3.05, 3.63) is 207 Å². The van der Waals surface area contributed by atoms with Crippen molar-refractivity contribution in [2.45, 2.75) is 145 Å². The van der Waals surface area contributed by atoms with Crippen molar-refractivity contribution in [1.82, 2.24) is 0 Å². The third-order valence-electron chi connectivity index (χ3n) is 17.8. The Hall–Kier alpha value is -6.53. The van der Waals surface area contributed by atoms with Gasteiger partial charge in [-0.1, -0.05) is 115 Å². The van der Waals surface area contributed by atoms with Crippen molar-refractivity contribution in [2.24, 2.45) is 11.8 Å². The number of carbonyl (C=O) groups is 3. The van der Waals surface area contributed by atoms with Crippen LogP contribution >= 0.6 is 0 Å². The van der Waals surface area contributed by atoms with Crippen LogP contribution in [0, 0.1) is 11.8 Å². The Morgan fingerprint density at radius 3 is 1.31 bits per heavy atom. The quantitative estimate of drug-likeness (QED) is 0.153. The molecule has 0 spiro atoms. The van der Waals surface area contributed by atoms with Crippen LogP contribution in [0.5, 0.6) is 17.2 Å². The molecule has 6 aromatic carbocycles. The van der Waals surface area contributed by atoms with Crippen LogP contribution in [0.2, 0.25) is 0 Å². The standard InChI is InChI=1S/2C22H24O2.C22H22O2/c3*23-19-9-10-21-17(13-19)7-4-8-18-14-20(24)11-12-22(18,21)15-16-5-2-1-3-6-16/h2*1-3,5-6,9-10,13,18,23H,4,7-8,11-12,14-15H2;1-3,5-6,9-10,13-14,23H,4,7-8,11-12,15H2/t18-,22+;18-,22-;/m10./s1. The Labute approximate surface area is 426 Å². The van der Waals surface area contributed by atoms with Crippen LogP contribution in [0.4, 0.5) is 0 Å². The SMILES string of the molecule is O=C1C=C2CCCc3cc(O)ccc3C2(Cc2ccccc2)CC1.O=C1CC[C@@]2(Cc3ccccc3)c3ccc(O)cc3CCC[C@@H]2C1.O=C1CC[C@@]2(Cc3ccccc3)c3ccc(O)cc3CCC[C@H]2C1. The first-order valence-electron chi connectivity index (χ1n) is 26.9. The maximum atomic E-state index is 12.2. The average Bonchev–Trinajstić information content (AvgIpc) is 3.71. The number of hydrogen-bond acceptors (Lipinski definition) is 6. The molecule has 6 aromatic rings. The first-order valence-corrected chi connectivity index (χ1v) is 26.9. The fourth-order valence-corrected chi connectivity index (χ4v) is 14.4. The minimum Gasteiger partial charge on any atom is -0.508 e. The van der Waals surface area contributed by atoms with Gasteiger partial charge in [0.05, 0.1) is 0 Å². The first kappa shape index (κ1) is 49.1. The summed E-state index contributed by atoms with van der Waals surface area (Å²) in [5.74, 6) is 2.99.